The first-order chi connectivity index (χ1) is 6.24. The molecule has 0 bridgehead atoms. The van der Waals surface area contributed by atoms with Crippen LogP contribution in [0.25, 0.3) is 0 Å². The van der Waals surface area contributed by atoms with Crippen LogP contribution in [0.3, 0.4) is 0 Å². The molecule has 0 spiro atoms. The molecule has 0 aliphatic carbocycles. The molecule has 0 amide bonds. The van der Waals surface area contributed by atoms with E-state index in [1.165, 1.54) is 0 Å². The summed E-state index contributed by atoms with van der Waals surface area (Å²) >= 11 is 0. The number of hydrogen-bond acceptors (Lipinski definition) is 3. The van der Waals surface area contributed by atoms with E-state index < -0.39 is 5.97 Å². The van der Waals surface area contributed by atoms with Gasteiger partial charge in [0.1, 0.15) is 6.54 Å². The van der Waals surface area contributed by atoms with Gasteiger partial charge in [0.2, 0.25) is 0 Å². The summed E-state index contributed by atoms with van der Waals surface area (Å²) in [5, 5.41) is 11.0. The van der Waals surface area contributed by atoms with Crippen molar-refractivity contribution in [2.45, 2.75) is 0 Å². The van der Waals surface area contributed by atoms with Crippen LogP contribution in [0, 0.1) is 0 Å². The van der Waals surface area contributed by atoms with Crippen LogP contribution in [-0.4, -0.2) is 53.5 Å². The molecule has 5 heteroatoms. The molecule has 0 aliphatic heterocycles. The number of carbonyl (C=O) groups excluding carboxylic acids is 1. The summed E-state index contributed by atoms with van der Waals surface area (Å²) in [5.41, 5.74) is 1.00. The number of aliphatic carboxylic acids is 1. The molecule has 0 heterocycles. The van der Waals surface area contributed by atoms with Crippen molar-refractivity contribution in [1.29, 1.82) is 0 Å². The minimum absolute atomic E-state index is 0. The Hall–Kier alpha value is -0.840. The summed E-state index contributed by atoms with van der Waals surface area (Å²) in [4.78, 5) is 20.7. The molecular formula is C9H10NNaO3. The van der Waals surface area contributed by atoms with Gasteiger partial charge in [0, 0.05) is 11.3 Å². The second kappa shape index (κ2) is 6.59. The standard InChI is InChI=1S/C9H9NO3.Na.H/c11-6-7-3-1-2-4-8(7)10-5-9(12)13;;/h1-4,6,10H,5H2,(H,12,13);;. The van der Waals surface area contributed by atoms with Gasteiger partial charge in [0.15, 0.2) is 6.29 Å². The van der Waals surface area contributed by atoms with Crippen molar-refractivity contribution < 1.29 is 14.7 Å². The van der Waals surface area contributed by atoms with Crippen LogP contribution in [0.1, 0.15) is 10.4 Å². The molecule has 0 saturated carbocycles. The molecule has 70 valence electrons. The van der Waals surface area contributed by atoms with Gasteiger partial charge in [-0.25, -0.2) is 0 Å². The molecule has 0 atom stereocenters. The van der Waals surface area contributed by atoms with E-state index >= 15 is 0 Å². The fourth-order valence-corrected chi connectivity index (χ4v) is 0.932. The summed E-state index contributed by atoms with van der Waals surface area (Å²) in [6.45, 7) is -0.190. The monoisotopic (exact) mass is 203 g/mol. The van der Waals surface area contributed by atoms with Gasteiger partial charge in [-0.1, -0.05) is 12.1 Å². The summed E-state index contributed by atoms with van der Waals surface area (Å²) in [7, 11) is 0. The van der Waals surface area contributed by atoms with Crippen molar-refractivity contribution in [2.24, 2.45) is 0 Å². The van der Waals surface area contributed by atoms with Gasteiger partial charge in [0.05, 0.1) is 0 Å². The fourth-order valence-electron chi connectivity index (χ4n) is 0.932. The maximum absolute atomic E-state index is 10.5. The number of carbonyl (C=O) groups is 2. The van der Waals surface area contributed by atoms with E-state index in [1.54, 1.807) is 24.3 Å². The number of hydrogen-bond donors (Lipinski definition) is 2. The normalized spacial score (nSPS) is 8.57. The number of carboxylic acid groups (broad SMARTS) is 1. The summed E-state index contributed by atoms with van der Waals surface area (Å²) in [6, 6.07) is 6.73. The van der Waals surface area contributed by atoms with Crippen molar-refractivity contribution in [3.8, 4) is 0 Å². The van der Waals surface area contributed by atoms with Gasteiger partial charge in [-0.05, 0) is 12.1 Å². The minimum atomic E-state index is -0.958. The molecule has 4 nitrogen and oxygen atoms in total. The molecule has 1 rings (SSSR count). The van der Waals surface area contributed by atoms with E-state index in [0.29, 0.717) is 17.5 Å². The van der Waals surface area contributed by atoms with E-state index in [4.69, 9.17) is 5.11 Å². The molecule has 2 N–H and O–H groups in total. The Morgan fingerprint density at radius 1 is 1.43 bits per heavy atom. The van der Waals surface area contributed by atoms with Crippen molar-refractivity contribution >= 4 is 47.5 Å². The van der Waals surface area contributed by atoms with Gasteiger partial charge >= 0.3 is 35.5 Å². The van der Waals surface area contributed by atoms with E-state index in [0.717, 1.165) is 0 Å². The van der Waals surface area contributed by atoms with Crippen LogP contribution >= 0.6 is 0 Å². The zero-order valence-electron chi connectivity index (χ0n) is 6.86. The Balaban J connectivity index is 0.00000169. The third-order valence-electron chi connectivity index (χ3n) is 1.52. The second-order valence-corrected chi connectivity index (χ2v) is 2.45. The average Bonchev–Trinajstić information content (AvgIpc) is 2.15. The van der Waals surface area contributed by atoms with Gasteiger partial charge in [0.25, 0.3) is 0 Å². The molecule has 0 aliphatic rings. The fraction of sp³-hybridized carbons (Fsp3) is 0.111. The van der Waals surface area contributed by atoms with Crippen molar-refractivity contribution in [2.75, 3.05) is 11.9 Å². The quantitative estimate of drug-likeness (QED) is 0.547. The topological polar surface area (TPSA) is 66.4 Å². The van der Waals surface area contributed by atoms with Crippen LogP contribution in [-0.2, 0) is 4.79 Å². The number of carboxylic acids is 1. The zero-order chi connectivity index (χ0) is 9.68. The molecule has 1 aromatic carbocycles. The Bertz CT molecular complexity index is 328. The summed E-state index contributed by atoms with van der Waals surface area (Å²) < 4.78 is 0. The van der Waals surface area contributed by atoms with Crippen molar-refractivity contribution in [3.63, 3.8) is 0 Å². The van der Waals surface area contributed by atoms with Crippen LogP contribution in [0.2, 0.25) is 0 Å². The second-order valence-electron chi connectivity index (χ2n) is 2.45. The molecule has 14 heavy (non-hydrogen) atoms. The first-order valence-corrected chi connectivity index (χ1v) is 3.74. The van der Waals surface area contributed by atoms with Crippen molar-refractivity contribution in [1.82, 2.24) is 0 Å². The van der Waals surface area contributed by atoms with E-state index in [-0.39, 0.29) is 36.1 Å². The first-order valence-electron chi connectivity index (χ1n) is 3.74. The molecular weight excluding hydrogens is 193 g/mol. The first kappa shape index (κ1) is 13.2. The molecule has 0 aromatic heterocycles. The number of para-hydroxylation sites is 1. The van der Waals surface area contributed by atoms with Gasteiger partial charge < -0.3 is 10.4 Å². The molecule has 0 fully saturated rings. The van der Waals surface area contributed by atoms with E-state index in [2.05, 4.69) is 5.32 Å². The van der Waals surface area contributed by atoms with Crippen LogP contribution in [0.15, 0.2) is 24.3 Å². The third kappa shape index (κ3) is 3.91. The number of anilines is 1. The van der Waals surface area contributed by atoms with E-state index in [9.17, 15) is 9.59 Å². The molecule has 0 unspecified atom stereocenters. The van der Waals surface area contributed by atoms with Gasteiger partial charge in [-0.2, -0.15) is 0 Å². The van der Waals surface area contributed by atoms with Crippen LogP contribution in [0.4, 0.5) is 5.69 Å². The Morgan fingerprint density at radius 3 is 2.64 bits per heavy atom. The van der Waals surface area contributed by atoms with Crippen LogP contribution < -0.4 is 5.32 Å². The predicted molar refractivity (Wildman–Crippen MR) is 55.1 cm³/mol. The number of nitrogens with one attached hydrogen (secondary N) is 1. The third-order valence-corrected chi connectivity index (χ3v) is 1.52. The van der Waals surface area contributed by atoms with Gasteiger partial charge in [-0.15, -0.1) is 0 Å². The number of aldehydes is 1. The number of benzene rings is 1. The van der Waals surface area contributed by atoms with E-state index in [1.807, 2.05) is 0 Å². The average molecular weight is 203 g/mol. The molecule has 0 radical (unpaired) electrons. The van der Waals surface area contributed by atoms with Crippen molar-refractivity contribution in [3.05, 3.63) is 29.8 Å². The number of rotatable bonds is 4. The Kier molecular flexibility index (Phi) is 6.19. The zero-order valence-corrected chi connectivity index (χ0v) is 6.86. The Labute approximate surface area is 104 Å². The van der Waals surface area contributed by atoms with Gasteiger partial charge in [-0.3, -0.25) is 9.59 Å². The summed E-state index contributed by atoms with van der Waals surface area (Å²) in [5.74, 6) is -0.958. The Morgan fingerprint density at radius 2 is 2.07 bits per heavy atom. The molecule has 0 saturated heterocycles. The van der Waals surface area contributed by atoms with Crippen LogP contribution in [0.5, 0.6) is 0 Å². The SMILES string of the molecule is O=Cc1ccccc1NCC(=O)O.[NaH]. The maximum atomic E-state index is 10.5. The summed E-state index contributed by atoms with van der Waals surface area (Å²) in [6.07, 6.45) is 0.685. The molecule has 1 aromatic rings. The predicted octanol–water partition coefficient (Wildman–Crippen LogP) is 0.347.